The van der Waals surface area contributed by atoms with E-state index in [4.69, 9.17) is 0 Å². The summed E-state index contributed by atoms with van der Waals surface area (Å²) in [5, 5.41) is 28.1. The fraction of sp³-hybridized carbons (Fsp3) is 0.625. The summed E-state index contributed by atoms with van der Waals surface area (Å²) in [6.45, 7) is 1.85. The molecule has 0 fully saturated rings. The summed E-state index contributed by atoms with van der Waals surface area (Å²) in [5.74, 6) is -1.20. The Bertz CT molecular complexity index is 578. The molecule has 4 nitrogen and oxygen atoms in total. The van der Waals surface area contributed by atoms with E-state index in [0.717, 1.165) is 44.1 Å². The molecule has 1 unspecified atom stereocenters. The summed E-state index contributed by atoms with van der Waals surface area (Å²) >= 11 is 0. The summed E-state index contributed by atoms with van der Waals surface area (Å²) in [6.07, 6.45) is 18.8. The molecule has 0 spiro atoms. The normalized spacial score (nSPS) is 12.5. The number of carboxylic acid groups (broad SMARTS) is 1. The van der Waals surface area contributed by atoms with Crippen LogP contribution in [-0.2, 0) is 6.42 Å². The van der Waals surface area contributed by atoms with E-state index in [2.05, 4.69) is 12.2 Å². The minimum atomic E-state index is -1.06. The van der Waals surface area contributed by atoms with E-state index in [1.165, 1.54) is 44.6 Å². The molecular weight excluding hydrogens is 352 g/mol. The largest absolute Gasteiger partial charge is 0.507 e. The summed E-state index contributed by atoms with van der Waals surface area (Å²) in [4.78, 5) is 11.2. The minimum Gasteiger partial charge on any atom is -0.507 e. The minimum absolute atomic E-state index is 0.0515. The van der Waals surface area contributed by atoms with Crippen molar-refractivity contribution >= 4 is 5.97 Å². The molecule has 4 heteroatoms. The van der Waals surface area contributed by atoms with E-state index >= 15 is 0 Å². The number of aliphatic hydroxyl groups excluding tert-OH is 1. The van der Waals surface area contributed by atoms with Crippen molar-refractivity contribution in [3.63, 3.8) is 0 Å². The number of carbonyl (C=O) groups is 1. The van der Waals surface area contributed by atoms with E-state index in [0.29, 0.717) is 6.42 Å². The van der Waals surface area contributed by atoms with Gasteiger partial charge in [-0.2, -0.15) is 0 Å². The van der Waals surface area contributed by atoms with Crippen LogP contribution in [0.5, 0.6) is 5.75 Å². The van der Waals surface area contributed by atoms with Crippen LogP contribution in [-0.4, -0.2) is 27.4 Å². The Morgan fingerprint density at radius 2 is 1.50 bits per heavy atom. The van der Waals surface area contributed by atoms with Crippen molar-refractivity contribution < 1.29 is 20.1 Å². The maximum Gasteiger partial charge on any atom is 0.339 e. The highest BCUT2D eigenvalue weighted by molar-refractivity contribution is 5.92. The van der Waals surface area contributed by atoms with Crippen LogP contribution in [0.1, 0.15) is 99.9 Å². The smallest absolute Gasteiger partial charge is 0.339 e. The third-order valence-corrected chi connectivity index (χ3v) is 5.07. The van der Waals surface area contributed by atoms with Gasteiger partial charge in [0.25, 0.3) is 0 Å². The van der Waals surface area contributed by atoms with Gasteiger partial charge in [-0.3, -0.25) is 0 Å². The molecular formula is C24H38O4. The molecule has 0 saturated heterocycles. The van der Waals surface area contributed by atoms with Crippen LogP contribution < -0.4 is 0 Å². The fourth-order valence-electron chi connectivity index (χ4n) is 3.44. The molecule has 3 N–H and O–H groups in total. The second kappa shape index (κ2) is 15.2. The second-order valence-electron chi connectivity index (χ2n) is 7.73. The molecule has 0 aliphatic heterocycles. The lowest BCUT2D eigenvalue weighted by Crippen LogP contribution is -2.03. The van der Waals surface area contributed by atoms with Crippen molar-refractivity contribution in [3.05, 3.63) is 41.5 Å². The zero-order valence-corrected chi connectivity index (χ0v) is 17.4. The summed E-state index contributed by atoms with van der Waals surface area (Å²) in [5.41, 5.74) is 0.775. The molecule has 0 saturated carbocycles. The molecule has 158 valence electrons. The maximum absolute atomic E-state index is 11.2. The molecule has 0 aliphatic rings. The number of benzene rings is 1. The van der Waals surface area contributed by atoms with Crippen LogP contribution in [0.15, 0.2) is 30.4 Å². The summed E-state index contributed by atoms with van der Waals surface area (Å²) in [7, 11) is 0. The van der Waals surface area contributed by atoms with Gasteiger partial charge < -0.3 is 15.3 Å². The summed E-state index contributed by atoms with van der Waals surface area (Å²) < 4.78 is 0. The Morgan fingerprint density at radius 3 is 2.11 bits per heavy atom. The van der Waals surface area contributed by atoms with Crippen molar-refractivity contribution in [2.75, 3.05) is 0 Å². The lowest BCUT2D eigenvalue weighted by atomic mass is 9.99. The van der Waals surface area contributed by atoms with Crippen LogP contribution in [0, 0.1) is 0 Å². The van der Waals surface area contributed by atoms with Crippen molar-refractivity contribution in [1.29, 1.82) is 0 Å². The van der Waals surface area contributed by atoms with Crippen LogP contribution >= 0.6 is 0 Å². The second-order valence-corrected chi connectivity index (χ2v) is 7.73. The molecule has 1 aromatic rings. The van der Waals surface area contributed by atoms with Crippen LogP contribution in [0.3, 0.4) is 0 Å². The first-order valence-electron chi connectivity index (χ1n) is 10.9. The van der Waals surface area contributed by atoms with Crippen molar-refractivity contribution in [2.24, 2.45) is 0 Å². The molecule has 0 radical (unpaired) electrons. The number of hydrogen-bond donors (Lipinski definition) is 3. The van der Waals surface area contributed by atoms with E-state index < -0.39 is 5.97 Å². The lowest BCUT2D eigenvalue weighted by molar-refractivity contribution is 0.0692. The van der Waals surface area contributed by atoms with E-state index in [1.54, 1.807) is 12.1 Å². The molecule has 1 aromatic carbocycles. The maximum atomic E-state index is 11.2. The number of phenols is 1. The van der Waals surface area contributed by atoms with E-state index in [1.807, 2.05) is 6.92 Å². The Hall–Kier alpha value is -1.81. The number of aromatic hydroxyl groups is 1. The lowest BCUT2D eigenvalue weighted by Gasteiger charge is -2.07. The Labute approximate surface area is 170 Å². The van der Waals surface area contributed by atoms with E-state index in [9.17, 15) is 20.1 Å². The Morgan fingerprint density at radius 1 is 0.929 bits per heavy atom. The van der Waals surface area contributed by atoms with Gasteiger partial charge in [-0.05, 0) is 63.5 Å². The zero-order valence-electron chi connectivity index (χ0n) is 17.4. The van der Waals surface area contributed by atoms with Crippen LogP contribution in [0.2, 0.25) is 0 Å². The number of aliphatic hydroxyl groups is 1. The number of aromatic carboxylic acids is 1. The zero-order chi connectivity index (χ0) is 20.6. The number of carboxylic acids is 1. The SMILES string of the molecule is CC(O)CCCCCC/C=C/CCCCCCCc1cccc(O)c1C(=O)O. The highest BCUT2D eigenvalue weighted by Crippen LogP contribution is 2.23. The van der Waals surface area contributed by atoms with Crippen molar-refractivity contribution in [3.8, 4) is 5.75 Å². The van der Waals surface area contributed by atoms with Gasteiger partial charge in [0.05, 0.1) is 6.10 Å². The van der Waals surface area contributed by atoms with E-state index in [-0.39, 0.29) is 17.4 Å². The number of rotatable bonds is 16. The van der Waals surface area contributed by atoms with Gasteiger partial charge >= 0.3 is 5.97 Å². The standard InChI is InChI=1S/C24H38O4/c1-20(25)16-13-11-9-7-5-3-2-4-6-8-10-12-14-17-21-18-15-19-22(26)23(21)24(27)28/h2-3,15,18-20,25-26H,4-14,16-17H2,1H3,(H,27,28)/b3-2+. The van der Waals surface area contributed by atoms with Gasteiger partial charge in [-0.25, -0.2) is 4.79 Å². The van der Waals surface area contributed by atoms with Crippen molar-refractivity contribution in [2.45, 2.75) is 96.5 Å². The summed E-state index contributed by atoms with van der Waals surface area (Å²) in [6, 6.07) is 4.93. The monoisotopic (exact) mass is 390 g/mol. The molecule has 0 bridgehead atoms. The first-order chi connectivity index (χ1) is 13.5. The highest BCUT2D eigenvalue weighted by Gasteiger charge is 2.14. The van der Waals surface area contributed by atoms with Crippen molar-refractivity contribution in [1.82, 2.24) is 0 Å². The quantitative estimate of drug-likeness (QED) is 0.230. The van der Waals surface area contributed by atoms with Gasteiger partial charge in [0.2, 0.25) is 0 Å². The average molecular weight is 391 g/mol. The highest BCUT2D eigenvalue weighted by atomic mass is 16.4. The van der Waals surface area contributed by atoms with Gasteiger partial charge in [-0.1, -0.05) is 62.8 Å². The first kappa shape index (κ1) is 24.2. The molecule has 0 amide bonds. The van der Waals surface area contributed by atoms with Gasteiger partial charge in [-0.15, -0.1) is 0 Å². The van der Waals surface area contributed by atoms with Gasteiger partial charge in [0.15, 0.2) is 0 Å². The third-order valence-electron chi connectivity index (χ3n) is 5.07. The number of aryl methyl sites for hydroxylation is 1. The molecule has 0 aromatic heterocycles. The number of hydrogen-bond acceptors (Lipinski definition) is 3. The fourth-order valence-corrected chi connectivity index (χ4v) is 3.44. The number of allylic oxidation sites excluding steroid dienone is 2. The molecule has 0 heterocycles. The third kappa shape index (κ3) is 11.1. The predicted molar refractivity (Wildman–Crippen MR) is 115 cm³/mol. The van der Waals surface area contributed by atoms with Crippen LogP contribution in [0.4, 0.5) is 0 Å². The Balaban J connectivity index is 1.99. The molecule has 28 heavy (non-hydrogen) atoms. The van der Waals surface area contributed by atoms with Crippen LogP contribution in [0.25, 0.3) is 0 Å². The molecule has 0 aliphatic carbocycles. The number of unbranched alkanes of at least 4 members (excludes halogenated alkanes) is 9. The average Bonchev–Trinajstić information content (AvgIpc) is 2.64. The topological polar surface area (TPSA) is 77.8 Å². The predicted octanol–water partition coefficient (Wildman–Crippen LogP) is 6.25. The van der Waals surface area contributed by atoms with Gasteiger partial charge in [0.1, 0.15) is 11.3 Å². The molecule has 1 atom stereocenters. The Kier molecular flexibility index (Phi) is 13.1. The first-order valence-corrected chi connectivity index (χ1v) is 10.9. The van der Waals surface area contributed by atoms with Gasteiger partial charge in [0, 0.05) is 0 Å². The molecule has 1 rings (SSSR count).